The molecule has 4 N–H and O–H groups in total. The second-order valence-electron chi connectivity index (χ2n) is 9.17. The van der Waals surface area contributed by atoms with Crippen LogP contribution >= 0.6 is 0 Å². The molecule has 0 unspecified atom stereocenters. The van der Waals surface area contributed by atoms with Crippen LogP contribution in [-0.2, 0) is 4.79 Å². The molecule has 4 atom stereocenters. The van der Waals surface area contributed by atoms with Gasteiger partial charge in [-0.15, -0.1) is 0 Å². The van der Waals surface area contributed by atoms with Gasteiger partial charge in [0.1, 0.15) is 6.10 Å². The fourth-order valence-electron chi connectivity index (χ4n) is 4.59. The maximum atomic E-state index is 12.8. The van der Waals surface area contributed by atoms with E-state index >= 15 is 0 Å². The Bertz CT molecular complexity index is 596. The van der Waals surface area contributed by atoms with Crippen molar-refractivity contribution < 1.29 is 15.0 Å². The third-order valence-corrected chi connectivity index (χ3v) is 6.59. The van der Waals surface area contributed by atoms with Crippen LogP contribution in [0.1, 0.15) is 95.6 Å². The Kier molecular flexibility index (Phi) is 12.8. The Morgan fingerprint density at radius 3 is 2.35 bits per heavy atom. The highest BCUT2D eigenvalue weighted by Crippen LogP contribution is 2.24. The van der Waals surface area contributed by atoms with Gasteiger partial charge in [-0.25, -0.2) is 0 Å². The van der Waals surface area contributed by atoms with Crippen molar-refractivity contribution >= 4 is 5.91 Å². The van der Waals surface area contributed by atoms with Gasteiger partial charge in [-0.3, -0.25) is 4.79 Å². The number of aliphatic hydroxyl groups is 2. The highest BCUT2D eigenvalue weighted by atomic mass is 16.3. The van der Waals surface area contributed by atoms with Crippen LogP contribution in [0.5, 0.6) is 0 Å². The van der Waals surface area contributed by atoms with E-state index in [1.165, 1.54) is 64.2 Å². The van der Waals surface area contributed by atoms with E-state index in [-0.39, 0.29) is 18.6 Å². The number of unbranched alkanes of at least 4 members (excludes halogenated alkanes) is 8. The summed E-state index contributed by atoms with van der Waals surface area (Å²) >= 11 is 0. The molecule has 1 fully saturated rings. The number of carbonyl (C=O) groups is 1. The molecule has 5 nitrogen and oxygen atoms in total. The van der Waals surface area contributed by atoms with Crippen LogP contribution in [0.25, 0.3) is 0 Å². The molecule has 1 heterocycles. The van der Waals surface area contributed by atoms with Gasteiger partial charge >= 0.3 is 0 Å². The maximum absolute atomic E-state index is 12.8. The smallest absolute Gasteiger partial charge is 0.237 e. The molecule has 1 amide bonds. The van der Waals surface area contributed by atoms with Crippen molar-refractivity contribution in [2.45, 2.75) is 102 Å². The Hall–Kier alpha value is -1.43. The highest BCUT2D eigenvalue weighted by Gasteiger charge is 2.30. The fraction of sp³-hybridized carbons (Fsp3) is 0.731. The first kappa shape index (κ1) is 25.8. The van der Waals surface area contributed by atoms with E-state index in [1.54, 1.807) is 12.1 Å². The van der Waals surface area contributed by atoms with Gasteiger partial charge in [-0.05, 0) is 30.9 Å². The first-order valence-corrected chi connectivity index (χ1v) is 12.5. The zero-order valence-corrected chi connectivity index (χ0v) is 19.4. The number of nitrogens with one attached hydrogen (secondary N) is 2. The Morgan fingerprint density at radius 2 is 1.71 bits per heavy atom. The fourth-order valence-corrected chi connectivity index (χ4v) is 4.59. The van der Waals surface area contributed by atoms with Gasteiger partial charge in [-0.2, -0.15) is 0 Å². The molecule has 0 spiro atoms. The molecule has 1 aliphatic heterocycles. The third kappa shape index (κ3) is 9.71. The molecular formula is C26H44N2O3. The van der Waals surface area contributed by atoms with Gasteiger partial charge in [-0.1, -0.05) is 101 Å². The molecule has 0 saturated carbocycles. The summed E-state index contributed by atoms with van der Waals surface area (Å²) < 4.78 is 0. The predicted octanol–water partition coefficient (Wildman–Crippen LogP) is 4.49. The summed E-state index contributed by atoms with van der Waals surface area (Å²) in [5.74, 6) is 0.457. The zero-order chi connectivity index (χ0) is 22.3. The number of piperidine rings is 1. The number of amides is 1. The molecule has 31 heavy (non-hydrogen) atoms. The second kappa shape index (κ2) is 15.4. The monoisotopic (exact) mass is 432 g/mol. The molecular weight excluding hydrogens is 388 g/mol. The largest absolute Gasteiger partial charge is 0.394 e. The minimum absolute atomic E-state index is 0.120. The molecule has 1 aliphatic rings. The molecule has 0 aliphatic carbocycles. The van der Waals surface area contributed by atoms with Gasteiger partial charge in [0.15, 0.2) is 0 Å². The van der Waals surface area contributed by atoms with Gasteiger partial charge in [0.25, 0.3) is 0 Å². The van der Waals surface area contributed by atoms with Crippen LogP contribution in [0.3, 0.4) is 0 Å². The maximum Gasteiger partial charge on any atom is 0.237 e. The van der Waals surface area contributed by atoms with E-state index in [9.17, 15) is 15.0 Å². The number of benzene rings is 1. The van der Waals surface area contributed by atoms with Crippen molar-refractivity contribution in [3.05, 3.63) is 35.9 Å². The van der Waals surface area contributed by atoms with Crippen LogP contribution in [0, 0.1) is 5.92 Å². The highest BCUT2D eigenvalue weighted by molar-refractivity contribution is 5.82. The summed E-state index contributed by atoms with van der Waals surface area (Å²) in [5.41, 5.74) is 0.696. The number of rotatable bonds is 15. The zero-order valence-electron chi connectivity index (χ0n) is 19.4. The minimum atomic E-state index is -0.920. The normalized spacial score (nSPS) is 20.9. The van der Waals surface area contributed by atoms with E-state index < -0.39 is 12.1 Å². The summed E-state index contributed by atoms with van der Waals surface area (Å²) in [5, 5.41) is 26.4. The van der Waals surface area contributed by atoms with Crippen molar-refractivity contribution in [3.63, 3.8) is 0 Å². The Labute approximate surface area is 189 Å². The van der Waals surface area contributed by atoms with Crippen molar-refractivity contribution in [3.8, 4) is 0 Å². The Balaban J connectivity index is 1.66. The summed E-state index contributed by atoms with van der Waals surface area (Å²) in [7, 11) is 0. The molecule has 2 rings (SSSR count). The first-order chi connectivity index (χ1) is 15.2. The minimum Gasteiger partial charge on any atom is -0.394 e. The second-order valence-corrected chi connectivity index (χ2v) is 9.17. The lowest BCUT2D eigenvalue weighted by Gasteiger charge is -2.31. The average Bonchev–Trinajstić information content (AvgIpc) is 2.81. The topological polar surface area (TPSA) is 81.6 Å². The number of carbonyl (C=O) groups excluding carboxylic acids is 1. The van der Waals surface area contributed by atoms with E-state index in [0.717, 1.165) is 19.4 Å². The van der Waals surface area contributed by atoms with E-state index in [0.29, 0.717) is 11.5 Å². The lowest BCUT2D eigenvalue weighted by atomic mass is 9.87. The van der Waals surface area contributed by atoms with E-state index in [2.05, 4.69) is 17.6 Å². The summed E-state index contributed by atoms with van der Waals surface area (Å²) in [6.07, 6.45) is 14.3. The summed E-state index contributed by atoms with van der Waals surface area (Å²) in [6.45, 7) is 2.82. The van der Waals surface area contributed by atoms with Gasteiger partial charge in [0.2, 0.25) is 5.91 Å². The number of hydrogen-bond donors (Lipinski definition) is 4. The average molecular weight is 433 g/mol. The molecule has 0 aromatic heterocycles. The molecule has 5 heteroatoms. The molecule has 1 saturated heterocycles. The SMILES string of the molecule is CCCCCCCCCCC[C@H]1CCN[C@@H](C(=O)N[C@H](CO)[C@H](O)c2ccccc2)C1. The summed E-state index contributed by atoms with van der Waals surface area (Å²) in [4.78, 5) is 12.8. The lowest BCUT2D eigenvalue weighted by Crippen LogP contribution is -2.53. The van der Waals surface area contributed by atoms with Crippen LogP contribution in [0.4, 0.5) is 0 Å². The van der Waals surface area contributed by atoms with Gasteiger partial charge in [0.05, 0.1) is 18.7 Å². The van der Waals surface area contributed by atoms with Crippen molar-refractivity contribution in [1.29, 1.82) is 0 Å². The molecule has 1 aromatic rings. The molecule has 1 aromatic carbocycles. The standard InChI is InChI=1S/C26H44N2O3/c1-2-3-4-5-6-7-8-9-11-14-21-17-18-27-23(19-21)26(31)28-24(20-29)25(30)22-15-12-10-13-16-22/h10,12-13,15-16,21,23-25,27,29-30H,2-9,11,14,17-20H2,1H3,(H,28,31)/t21-,23+,24+,25+/m0/s1. The summed E-state index contributed by atoms with van der Waals surface area (Å²) in [6, 6.07) is 8.23. The van der Waals surface area contributed by atoms with Crippen LogP contribution in [0.15, 0.2) is 30.3 Å². The Morgan fingerprint density at radius 1 is 1.06 bits per heavy atom. The van der Waals surface area contributed by atoms with Crippen molar-refractivity contribution in [2.24, 2.45) is 5.92 Å². The molecule has 176 valence electrons. The van der Waals surface area contributed by atoms with E-state index in [4.69, 9.17) is 0 Å². The lowest BCUT2D eigenvalue weighted by molar-refractivity contribution is -0.126. The number of aliphatic hydroxyl groups excluding tert-OH is 2. The first-order valence-electron chi connectivity index (χ1n) is 12.5. The molecule has 0 radical (unpaired) electrons. The van der Waals surface area contributed by atoms with Crippen LogP contribution < -0.4 is 10.6 Å². The van der Waals surface area contributed by atoms with Gasteiger partial charge < -0.3 is 20.8 Å². The quantitative estimate of drug-likeness (QED) is 0.308. The predicted molar refractivity (Wildman–Crippen MR) is 127 cm³/mol. The van der Waals surface area contributed by atoms with Crippen LogP contribution in [-0.4, -0.2) is 41.4 Å². The number of hydrogen-bond acceptors (Lipinski definition) is 4. The van der Waals surface area contributed by atoms with Gasteiger partial charge in [0, 0.05) is 0 Å². The van der Waals surface area contributed by atoms with Crippen molar-refractivity contribution in [1.82, 2.24) is 10.6 Å². The van der Waals surface area contributed by atoms with E-state index in [1.807, 2.05) is 18.2 Å². The van der Waals surface area contributed by atoms with Crippen LogP contribution in [0.2, 0.25) is 0 Å². The molecule has 0 bridgehead atoms. The third-order valence-electron chi connectivity index (χ3n) is 6.59. The van der Waals surface area contributed by atoms with Crippen molar-refractivity contribution in [2.75, 3.05) is 13.2 Å².